The summed E-state index contributed by atoms with van der Waals surface area (Å²) in [6, 6.07) is 8.90. The van der Waals surface area contributed by atoms with Gasteiger partial charge in [0.2, 0.25) is 5.91 Å². The van der Waals surface area contributed by atoms with Crippen molar-refractivity contribution in [2.75, 3.05) is 19.5 Å². The van der Waals surface area contributed by atoms with Crippen molar-refractivity contribution in [2.45, 2.75) is 19.9 Å². The van der Waals surface area contributed by atoms with Crippen LogP contribution in [0, 0.1) is 0 Å². The van der Waals surface area contributed by atoms with Crippen LogP contribution in [0.5, 0.6) is 11.5 Å². The fourth-order valence-corrected chi connectivity index (χ4v) is 4.11. The molecule has 0 unspecified atom stereocenters. The molecule has 0 radical (unpaired) electrons. The predicted molar refractivity (Wildman–Crippen MR) is 112 cm³/mol. The Morgan fingerprint density at radius 1 is 1.14 bits per heavy atom. The second-order valence-corrected chi connectivity index (χ2v) is 7.33. The SMILES string of the molecule is CCc1nn(CC(=O)Nc2ccc(OC)c(OC)c2)c(=O)c2cc3sccc3n12. The first-order valence-corrected chi connectivity index (χ1v) is 9.94. The lowest BCUT2D eigenvalue weighted by Gasteiger charge is -2.12. The molecule has 1 amide bonds. The number of carbonyl (C=O) groups is 1. The van der Waals surface area contributed by atoms with Gasteiger partial charge in [0.25, 0.3) is 5.56 Å². The third kappa shape index (κ3) is 3.33. The molecule has 4 rings (SSSR count). The third-order valence-electron chi connectivity index (χ3n) is 4.65. The van der Waals surface area contributed by atoms with E-state index in [-0.39, 0.29) is 18.0 Å². The summed E-state index contributed by atoms with van der Waals surface area (Å²) in [6.45, 7) is 1.79. The van der Waals surface area contributed by atoms with Gasteiger partial charge in [-0.1, -0.05) is 6.92 Å². The van der Waals surface area contributed by atoms with Crippen molar-refractivity contribution in [3.63, 3.8) is 0 Å². The quantitative estimate of drug-likeness (QED) is 0.526. The molecule has 29 heavy (non-hydrogen) atoms. The molecular weight excluding hydrogens is 392 g/mol. The van der Waals surface area contributed by atoms with Crippen LogP contribution in [0.4, 0.5) is 5.69 Å². The summed E-state index contributed by atoms with van der Waals surface area (Å²) in [5, 5.41) is 9.19. The highest BCUT2D eigenvalue weighted by atomic mass is 32.1. The Labute approximate surface area is 170 Å². The zero-order valence-electron chi connectivity index (χ0n) is 16.3. The molecule has 8 nitrogen and oxygen atoms in total. The smallest absolute Gasteiger partial charge is 0.291 e. The van der Waals surface area contributed by atoms with Crippen molar-refractivity contribution in [1.29, 1.82) is 0 Å². The van der Waals surface area contributed by atoms with Gasteiger partial charge in [0, 0.05) is 18.2 Å². The number of hydrogen-bond acceptors (Lipinski definition) is 6. The molecule has 0 spiro atoms. The lowest BCUT2D eigenvalue weighted by atomic mass is 10.2. The van der Waals surface area contributed by atoms with Gasteiger partial charge in [-0.05, 0) is 29.6 Å². The van der Waals surface area contributed by atoms with Gasteiger partial charge in [0.1, 0.15) is 17.9 Å². The summed E-state index contributed by atoms with van der Waals surface area (Å²) in [7, 11) is 3.07. The Balaban J connectivity index is 1.64. The van der Waals surface area contributed by atoms with E-state index in [2.05, 4.69) is 10.4 Å². The van der Waals surface area contributed by atoms with Crippen LogP contribution in [0.2, 0.25) is 0 Å². The van der Waals surface area contributed by atoms with Gasteiger partial charge < -0.3 is 14.8 Å². The molecular formula is C20H20N4O4S. The Morgan fingerprint density at radius 3 is 2.66 bits per heavy atom. The second-order valence-electron chi connectivity index (χ2n) is 6.39. The Kier molecular flexibility index (Phi) is 4.98. The largest absolute Gasteiger partial charge is 0.493 e. The molecule has 3 aromatic heterocycles. The number of methoxy groups -OCH3 is 2. The number of anilines is 1. The minimum absolute atomic E-state index is 0.185. The molecule has 0 saturated heterocycles. The van der Waals surface area contributed by atoms with Crippen LogP contribution < -0.4 is 20.3 Å². The second kappa shape index (κ2) is 7.59. The van der Waals surface area contributed by atoms with Crippen molar-refractivity contribution in [3.05, 3.63) is 51.9 Å². The van der Waals surface area contributed by atoms with Crippen molar-refractivity contribution in [3.8, 4) is 11.5 Å². The van der Waals surface area contributed by atoms with Gasteiger partial charge in [-0.15, -0.1) is 11.3 Å². The monoisotopic (exact) mass is 412 g/mol. The standard InChI is InChI=1S/C20H20N4O4S/c1-4-18-22-23(20(26)14-10-17-13(24(14)18)7-8-29-17)11-19(25)21-12-5-6-15(27-2)16(9-12)28-3/h5-10H,4,11H2,1-3H3,(H,21,25). The minimum Gasteiger partial charge on any atom is -0.493 e. The summed E-state index contributed by atoms with van der Waals surface area (Å²) in [4.78, 5) is 25.5. The normalized spacial score (nSPS) is 11.1. The summed E-state index contributed by atoms with van der Waals surface area (Å²) < 4.78 is 14.6. The van der Waals surface area contributed by atoms with E-state index in [1.807, 2.05) is 28.8 Å². The maximum Gasteiger partial charge on any atom is 0.291 e. The topological polar surface area (TPSA) is 86.9 Å². The van der Waals surface area contributed by atoms with Crippen LogP contribution >= 0.6 is 11.3 Å². The molecule has 0 aliphatic carbocycles. The van der Waals surface area contributed by atoms with E-state index in [9.17, 15) is 9.59 Å². The van der Waals surface area contributed by atoms with E-state index in [1.54, 1.807) is 36.6 Å². The number of amides is 1. The number of fused-ring (bicyclic) bond motifs is 3. The Hall–Kier alpha value is -3.33. The molecule has 0 atom stereocenters. The van der Waals surface area contributed by atoms with Gasteiger partial charge in [0.05, 0.1) is 24.4 Å². The molecule has 0 saturated carbocycles. The Morgan fingerprint density at radius 2 is 1.93 bits per heavy atom. The number of aromatic nitrogens is 3. The number of rotatable bonds is 6. The number of nitrogens with zero attached hydrogens (tertiary/aromatic N) is 3. The fourth-order valence-electron chi connectivity index (χ4n) is 3.31. The molecule has 1 N–H and O–H groups in total. The molecule has 3 heterocycles. The third-order valence-corrected chi connectivity index (χ3v) is 5.50. The van der Waals surface area contributed by atoms with Crippen molar-refractivity contribution in [2.24, 2.45) is 0 Å². The van der Waals surface area contributed by atoms with Crippen molar-refractivity contribution >= 4 is 38.7 Å². The molecule has 4 aromatic rings. The number of ether oxygens (including phenoxy) is 2. The highest BCUT2D eigenvalue weighted by Crippen LogP contribution is 2.29. The van der Waals surface area contributed by atoms with E-state index in [4.69, 9.17) is 9.47 Å². The van der Waals surface area contributed by atoms with Crippen LogP contribution in [0.1, 0.15) is 12.7 Å². The molecule has 0 aliphatic rings. The van der Waals surface area contributed by atoms with Gasteiger partial charge in [-0.25, -0.2) is 4.68 Å². The summed E-state index contributed by atoms with van der Waals surface area (Å²) in [6.07, 6.45) is 0.633. The molecule has 0 bridgehead atoms. The molecule has 9 heteroatoms. The highest BCUT2D eigenvalue weighted by Gasteiger charge is 2.16. The summed E-state index contributed by atoms with van der Waals surface area (Å²) in [5.74, 6) is 1.44. The first-order chi connectivity index (χ1) is 14.0. The van der Waals surface area contributed by atoms with Gasteiger partial charge >= 0.3 is 0 Å². The first kappa shape index (κ1) is 19.0. The summed E-state index contributed by atoms with van der Waals surface area (Å²) in [5.41, 5.74) is 1.74. The van der Waals surface area contributed by atoms with Crippen LogP contribution in [-0.2, 0) is 17.8 Å². The van der Waals surface area contributed by atoms with Crippen LogP contribution in [0.15, 0.2) is 40.5 Å². The van der Waals surface area contributed by atoms with Crippen LogP contribution in [-0.4, -0.2) is 34.3 Å². The average Bonchev–Trinajstić information content (AvgIpc) is 3.31. The first-order valence-electron chi connectivity index (χ1n) is 9.06. The maximum atomic E-state index is 12.9. The fraction of sp³-hybridized carbons (Fsp3) is 0.250. The molecule has 0 aliphatic heterocycles. The van der Waals surface area contributed by atoms with Gasteiger partial charge in [0.15, 0.2) is 11.5 Å². The Bertz CT molecular complexity index is 1270. The predicted octanol–water partition coefficient (Wildman–Crippen LogP) is 2.93. The lowest BCUT2D eigenvalue weighted by Crippen LogP contribution is -2.32. The van der Waals surface area contributed by atoms with Gasteiger partial charge in [-0.2, -0.15) is 5.10 Å². The lowest BCUT2D eigenvalue weighted by molar-refractivity contribution is -0.117. The van der Waals surface area contributed by atoms with Crippen LogP contribution in [0.3, 0.4) is 0 Å². The molecule has 0 fully saturated rings. The zero-order chi connectivity index (χ0) is 20.5. The minimum atomic E-state index is -0.355. The van der Waals surface area contributed by atoms with Crippen LogP contribution in [0.25, 0.3) is 15.7 Å². The average molecular weight is 412 g/mol. The van der Waals surface area contributed by atoms with Gasteiger partial charge in [-0.3, -0.25) is 14.0 Å². The van der Waals surface area contributed by atoms with Crippen molar-refractivity contribution in [1.82, 2.24) is 14.2 Å². The number of carbonyl (C=O) groups excluding carboxylic acids is 1. The number of benzene rings is 1. The van der Waals surface area contributed by atoms with E-state index in [0.29, 0.717) is 29.1 Å². The number of nitrogens with one attached hydrogen (secondary N) is 1. The zero-order valence-corrected chi connectivity index (χ0v) is 17.1. The maximum absolute atomic E-state index is 12.9. The van der Waals surface area contributed by atoms with E-state index >= 15 is 0 Å². The van der Waals surface area contributed by atoms with E-state index in [0.717, 1.165) is 16.0 Å². The highest BCUT2D eigenvalue weighted by molar-refractivity contribution is 7.17. The number of aryl methyl sites for hydroxylation is 1. The molecule has 150 valence electrons. The number of thiophene rings is 1. The number of hydrogen-bond donors (Lipinski definition) is 1. The summed E-state index contributed by atoms with van der Waals surface area (Å²) >= 11 is 1.57. The van der Waals surface area contributed by atoms with Crippen molar-refractivity contribution < 1.29 is 14.3 Å². The van der Waals surface area contributed by atoms with E-state index < -0.39 is 0 Å². The van der Waals surface area contributed by atoms with E-state index in [1.165, 1.54) is 11.8 Å². The molecule has 1 aromatic carbocycles.